The molecule has 0 saturated heterocycles. The van der Waals surface area contributed by atoms with Gasteiger partial charge in [0.25, 0.3) is 0 Å². The number of aromatic nitrogens is 1. The van der Waals surface area contributed by atoms with Gasteiger partial charge in [0.2, 0.25) is 0 Å². The molecule has 0 saturated carbocycles. The highest BCUT2D eigenvalue weighted by atomic mass is 19.4. The van der Waals surface area contributed by atoms with Gasteiger partial charge in [0.05, 0.1) is 17.8 Å². The molecule has 118 valence electrons. The molecule has 1 aromatic heterocycles. The number of hydrogen-bond acceptors (Lipinski definition) is 2. The SMILES string of the molecule is Nc1ccc(C(F)(F)F)nc1-c1ccc(CC(F)(F)F)cc1. The quantitative estimate of drug-likeness (QED) is 0.830. The van der Waals surface area contributed by atoms with Gasteiger partial charge in [0.15, 0.2) is 0 Å². The zero-order valence-corrected chi connectivity index (χ0v) is 11.0. The van der Waals surface area contributed by atoms with Crippen molar-refractivity contribution in [1.29, 1.82) is 0 Å². The summed E-state index contributed by atoms with van der Waals surface area (Å²) in [7, 11) is 0. The van der Waals surface area contributed by atoms with Crippen LogP contribution in [0.25, 0.3) is 11.3 Å². The molecule has 0 bridgehead atoms. The van der Waals surface area contributed by atoms with E-state index in [9.17, 15) is 26.3 Å². The van der Waals surface area contributed by atoms with Crippen LogP contribution in [-0.2, 0) is 12.6 Å². The van der Waals surface area contributed by atoms with Gasteiger partial charge in [0.1, 0.15) is 5.69 Å². The summed E-state index contributed by atoms with van der Waals surface area (Å²) in [6.45, 7) is 0. The second-order valence-electron chi connectivity index (χ2n) is 4.62. The van der Waals surface area contributed by atoms with Crippen LogP contribution in [0, 0.1) is 0 Å². The second kappa shape index (κ2) is 5.51. The Labute approximate surface area is 121 Å². The minimum atomic E-state index is -4.63. The third-order valence-corrected chi connectivity index (χ3v) is 2.85. The topological polar surface area (TPSA) is 38.9 Å². The standard InChI is InChI=1S/C14H10F6N2/c15-13(16,17)7-8-1-3-9(4-2-8)12-10(21)5-6-11(22-12)14(18,19)20/h1-6H,7,21H2. The van der Waals surface area contributed by atoms with E-state index >= 15 is 0 Å². The molecular formula is C14H10F6N2. The second-order valence-corrected chi connectivity index (χ2v) is 4.62. The maximum absolute atomic E-state index is 12.6. The molecule has 0 aliphatic carbocycles. The van der Waals surface area contributed by atoms with Crippen molar-refractivity contribution in [3.63, 3.8) is 0 Å². The molecule has 0 unspecified atom stereocenters. The monoisotopic (exact) mass is 320 g/mol. The van der Waals surface area contributed by atoms with Crippen LogP contribution in [0.4, 0.5) is 32.0 Å². The van der Waals surface area contributed by atoms with Crippen molar-refractivity contribution in [3.05, 3.63) is 47.7 Å². The number of hydrogen-bond donors (Lipinski definition) is 1. The molecule has 0 fully saturated rings. The maximum atomic E-state index is 12.6. The van der Waals surface area contributed by atoms with Gasteiger partial charge in [-0.15, -0.1) is 0 Å². The molecule has 0 radical (unpaired) electrons. The van der Waals surface area contributed by atoms with Crippen molar-refractivity contribution >= 4 is 5.69 Å². The number of pyridine rings is 1. The molecule has 2 N–H and O–H groups in total. The first-order valence-electron chi connectivity index (χ1n) is 6.06. The molecule has 0 aliphatic rings. The zero-order valence-electron chi connectivity index (χ0n) is 11.0. The normalized spacial score (nSPS) is 12.5. The summed E-state index contributed by atoms with van der Waals surface area (Å²) >= 11 is 0. The zero-order chi connectivity index (χ0) is 16.5. The predicted molar refractivity (Wildman–Crippen MR) is 68.8 cm³/mol. The van der Waals surface area contributed by atoms with Crippen LogP contribution < -0.4 is 5.73 Å². The van der Waals surface area contributed by atoms with E-state index < -0.39 is 24.5 Å². The first-order chi connectivity index (χ1) is 10.1. The lowest BCUT2D eigenvalue weighted by atomic mass is 10.0. The van der Waals surface area contributed by atoms with Gasteiger partial charge in [-0.2, -0.15) is 26.3 Å². The van der Waals surface area contributed by atoms with E-state index in [0.717, 1.165) is 12.1 Å². The summed E-state index contributed by atoms with van der Waals surface area (Å²) < 4.78 is 74.7. The van der Waals surface area contributed by atoms with Crippen molar-refractivity contribution in [2.24, 2.45) is 0 Å². The highest BCUT2D eigenvalue weighted by Crippen LogP contribution is 2.32. The van der Waals surface area contributed by atoms with Gasteiger partial charge in [-0.25, -0.2) is 4.98 Å². The largest absolute Gasteiger partial charge is 0.433 e. The fourth-order valence-corrected chi connectivity index (χ4v) is 1.87. The van der Waals surface area contributed by atoms with Crippen LogP contribution >= 0.6 is 0 Å². The van der Waals surface area contributed by atoms with Crippen molar-refractivity contribution < 1.29 is 26.3 Å². The predicted octanol–water partition coefficient (Wildman–Crippen LogP) is 4.45. The van der Waals surface area contributed by atoms with E-state index in [1.165, 1.54) is 24.3 Å². The Balaban J connectivity index is 2.36. The summed E-state index contributed by atoms with van der Waals surface area (Å²) in [6.07, 6.45) is -10.1. The molecule has 1 heterocycles. The lowest BCUT2D eigenvalue weighted by molar-refractivity contribution is -0.141. The highest BCUT2D eigenvalue weighted by molar-refractivity contribution is 5.72. The molecule has 1 aromatic carbocycles. The van der Waals surface area contributed by atoms with E-state index in [4.69, 9.17) is 5.73 Å². The average Bonchev–Trinajstić information content (AvgIpc) is 2.37. The number of nitrogens with zero attached hydrogens (tertiary/aromatic N) is 1. The van der Waals surface area contributed by atoms with E-state index in [2.05, 4.69) is 4.98 Å². The highest BCUT2D eigenvalue weighted by Gasteiger charge is 2.33. The molecule has 0 amide bonds. The Morgan fingerprint density at radius 1 is 0.864 bits per heavy atom. The van der Waals surface area contributed by atoms with Crippen LogP contribution in [0.2, 0.25) is 0 Å². The Hall–Kier alpha value is -2.25. The van der Waals surface area contributed by atoms with Gasteiger partial charge in [-0.1, -0.05) is 24.3 Å². The van der Waals surface area contributed by atoms with Gasteiger partial charge in [0, 0.05) is 5.56 Å². The molecule has 2 nitrogen and oxygen atoms in total. The summed E-state index contributed by atoms with van der Waals surface area (Å²) in [6, 6.07) is 6.71. The van der Waals surface area contributed by atoms with E-state index in [-0.39, 0.29) is 22.5 Å². The Morgan fingerprint density at radius 3 is 1.95 bits per heavy atom. The minimum Gasteiger partial charge on any atom is -0.397 e. The number of benzene rings is 1. The molecule has 22 heavy (non-hydrogen) atoms. The minimum absolute atomic E-state index is 0.00166. The van der Waals surface area contributed by atoms with E-state index in [0.29, 0.717) is 0 Å². The van der Waals surface area contributed by atoms with Crippen LogP contribution in [0.1, 0.15) is 11.3 Å². The molecule has 0 spiro atoms. The van der Waals surface area contributed by atoms with Gasteiger partial charge >= 0.3 is 12.4 Å². The van der Waals surface area contributed by atoms with E-state index in [1.807, 2.05) is 0 Å². The summed E-state index contributed by atoms with van der Waals surface area (Å²) in [4.78, 5) is 3.45. The van der Waals surface area contributed by atoms with Crippen LogP contribution in [-0.4, -0.2) is 11.2 Å². The number of rotatable bonds is 2. The van der Waals surface area contributed by atoms with Crippen molar-refractivity contribution in [2.45, 2.75) is 18.8 Å². The fourth-order valence-electron chi connectivity index (χ4n) is 1.87. The molecule has 0 atom stereocenters. The lowest BCUT2D eigenvalue weighted by Gasteiger charge is -2.11. The Morgan fingerprint density at radius 2 is 1.45 bits per heavy atom. The Kier molecular flexibility index (Phi) is 4.04. The summed E-state index contributed by atoms with van der Waals surface area (Å²) in [5.74, 6) is 0. The van der Waals surface area contributed by atoms with Crippen molar-refractivity contribution in [2.75, 3.05) is 5.73 Å². The summed E-state index contributed by atoms with van der Waals surface area (Å²) in [5, 5.41) is 0. The molecule has 0 aliphatic heterocycles. The number of nitrogen functional groups attached to an aromatic ring is 1. The van der Waals surface area contributed by atoms with Crippen LogP contribution in [0.3, 0.4) is 0 Å². The first-order valence-corrected chi connectivity index (χ1v) is 6.06. The Bertz CT molecular complexity index is 659. The maximum Gasteiger partial charge on any atom is 0.433 e. The third kappa shape index (κ3) is 3.90. The molecule has 8 heteroatoms. The van der Waals surface area contributed by atoms with Crippen LogP contribution in [0.5, 0.6) is 0 Å². The first kappa shape index (κ1) is 16.1. The van der Waals surface area contributed by atoms with Gasteiger partial charge in [-0.05, 0) is 17.7 Å². The molecular weight excluding hydrogens is 310 g/mol. The number of nitrogens with two attached hydrogens (primary N) is 1. The smallest absolute Gasteiger partial charge is 0.397 e. The van der Waals surface area contributed by atoms with Crippen molar-refractivity contribution in [1.82, 2.24) is 4.98 Å². The fraction of sp³-hybridized carbons (Fsp3) is 0.214. The van der Waals surface area contributed by atoms with Crippen molar-refractivity contribution in [3.8, 4) is 11.3 Å². The van der Waals surface area contributed by atoms with Crippen LogP contribution in [0.15, 0.2) is 36.4 Å². The van der Waals surface area contributed by atoms with Gasteiger partial charge in [-0.3, -0.25) is 0 Å². The lowest BCUT2D eigenvalue weighted by Crippen LogP contribution is -2.11. The third-order valence-electron chi connectivity index (χ3n) is 2.85. The van der Waals surface area contributed by atoms with Gasteiger partial charge < -0.3 is 5.73 Å². The summed E-state index contributed by atoms with van der Waals surface area (Å²) in [5.41, 5.74) is 4.59. The molecule has 2 aromatic rings. The van der Waals surface area contributed by atoms with E-state index in [1.54, 1.807) is 0 Å². The number of anilines is 1. The number of alkyl halides is 6. The average molecular weight is 320 g/mol. The number of halogens is 6. The molecule has 2 rings (SSSR count).